The summed E-state index contributed by atoms with van der Waals surface area (Å²) in [5.41, 5.74) is 1.69. The molecule has 0 saturated heterocycles. The zero-order valence-electron chi connectivity index (χ0n) is 12.8. The highest BCUT2D eigenvalue weighted by Gasteiger charge is 2.26. The molecule has 1 aliphatic rings. The molecule has 0 bridgehead atoms. The highest BCUT2D eigenvalue weighted by Crippen LogP contribution is 2.33. The topological polar surface area (TPSA) is 55.8 Å². The lowest BCUT2D eigenvalue weighted by atomic mass is 10.2. The van der Waals surface area contributed by atoms with Crippen LogP contribution in [0.25, 0.3) is 0 Å². The van der Waals surface area contributed by atoms with Crippen LogP contribution in [0.5, 0.6) is 11.5 Å². The van der Waals surface area contributed by atoms with Gasteiger partial charge in [-0.3, -0.25) is 0 Å². The molecular weight excluding hydrogens is 340 g/mol. The first-order valence-electron chi connectivity index (χ1n) is 7.10. The van der Waals surface area contributed by atoms with Crippen LogP contribution in [-0.2, 0) is 16.4 Å². The van der Waals surface area contributed by atoms with E-state index >= 15 is 0 Å². The van der Waals surface area contributed by atoms with E-state index in [0.717, 1.165) is 5.56 Å². The van der Waals surface area contributed by atoms with Crippen LogP contribution in [0.4, 0.5) is 14.5 Å². The Kier molecular flexibility index (Phi) is 4.31. The predicted octanol–water partition coefficient (Wildman–Crippen LogP) is 3.05. The Hall–Kier alpha value is -2.35. The van der Waals surface area contributed by atoms with Crippen LogP contribution in [-0.4, -0.2) is 28.0 Å². The van der Waals surface area contributed by atoms with Gasteiger partial charge < -0.3 is 14.4 Å². The van der Waals surface area contributed by atoms with Crippen molar-refractivity contribution in [3.8, 4) is 11.5 Å². The van der Waals surface area contributed by atoms with Crippen molar-refractivity contribution in [1.29, 1.82) is 0 Å². The normalized spacial score (nSPS) is 13.3. The molecule has 128 valence electrons. The van der Waals surface area contributed by atoms with Crippen molar-refractivity contribution in [2.24, 2.45) is 0 Å². The first-order chi connectivity index (χ1) is 11.4. The summed E-state index contributed by atoms with van der Waals surface area (Å²) in [6.07, 6.45) is 0. The summed E-state index contributed by atoms with van der Waals surface area (Å²) >= 11 is 0. The van der Waals surface area contributed by atoms with E-state index in [1.165, 1.54) is 24.3 Å². The summed E-state index contributed by atoms with van der Waals surface area (Å²) in [7, 11) is -2.75. The Morgan fingerprint density at radius 2 is 1.75 bits per heavy atom. The van der Waals surface area contributed by atoms with Crippen LogP contribution in [0.15, 0.2) is 47.4 Å². The molecule has 5 nitrogen and oxygen atoms in total. The van der Waals surface area contributed by atoms with Crippen LogP contribution in [0, 0.1) is 0 Å². The van der Waals surface area contributed by atoms with Gasteiger partial charge in [-0.1, -0.05) is 6.07 Å². The first kappa shape index (κ1) is 16.5. The second-order valence-corrected chi connectivity index (χ2v) is 7.26. The molecule has 0 aromatic heterocycles. The lowest BCUT2D eigenvalue weighted by molar-refractivity contribution is 0.174. The molecule has 0 atom stereocenters. The maximum atomic E-state index is 12.5. The number of hydrogen-bond acceptors (Lipinski definition) is 5. The fourth-order valence-corrected chi connectivity index (χ4v) is 3.12. The van der Waals surface area contributed by atoms with Crippen molar-refractivity contribution >= 4 is 15.5 Å². The fourth-order valence-electron chi connectivity index (χ4n) is 2.40. The standard InChI is InChI=1S/C16H15F2NO4S/c1-19(9-11-2-7-14-15(8-11)23-10-22-14)12-3-5-13(6-4-12)24(20,21)16(17)18/h2-8,16H,9-10H2,1H3. The van der Waals surface area contributed by atoms with Crippen LogP contribution in [0.3, 0.4) is 0 Å². The molecule has 3 rings (SSSR count). The molecule has 0 spiro atoms. The summed E-state index contributed by atoms with van der Waals surface area (Å²) in [5.74, 6) is -2.04. The molecular formula is C16H15F2NO4S. The zero-order chi connectivity index (χ0) is 17.3. The second-order valence-electron chi connectivity index (χ2n) is 5.34. The third kappa shape index (κ3) is 3.14. The van der Waals surface area contributed by atoms with Crippen molar-refractivity contribution in [3.05, 3.63) is 48.0 Å². The van der Waals surface area contributed by atoms with Gasteiger partial charge in [0.25, 0.3) is 0 Å². The quantitative estimate of drug-likeness (QED) is 0.825. The number of nitrogens with zero attached hydrogens (tertiary/aromatic N) is 1. The van der Waals surface area contributed by atoms with E-state index in [0.29, 0.717) is 23.7 Å². The van der Waals surface area contributed by atoms with E-state index in [1.54, 1.807) is 0 Å². The number of sulfone groups is 1. The van der Waals surface area contributed by atoms with Crippen LogP contribution >= 0.6 is 0 Å². The van der Waals surface area contributed by atoms with Gasteiger partial charge in [-0.25, -0.2) is 8.42 Å². The number of benzene rings is 2. The minimum absolute atomic E-state index is 0.203. The second kappa shape index (κ2) is 6.27. The summed E-state index contributed by atoms with van der Waals surface area (Å²) in [4.78, 5) is 1.48. The average Bonchev–Trinajstić information content (AvgIpc) is 3.02. The van der Waals surface area contributed by atoms with E-state index in [-0.39, 0.29) is 6.79 Å². The largest absolute Gasteiger partial charge is 0.454 e. The fraction of sp³-hybridized carbons (Fsp3) is 0.250. The molecule has 0 fully saturated rings. The summed E-state index contributed by atoms with van der Waals surface area (Å²) in [6.45, 7) is 0.742. The van der Waals surface area contributed by atoms with E-state index in [4.69, 9.17) is 9.47 Å². The van der Waals surface area contributed by atoms with E-state index in [1.807, 2.05) is 30.1 Å². The van der Waals surface area contributed by atoms with Crippen molar-refractivity contribution in [2.45, 2.75) is 17.2 Å². The summed E-state index contributed by atoms with van der Waals surface area (Å²) in [6, 6.07) is 11.0. The van der Waals surface area contributed by atoms with Gasteiger partial charge in [-0.05, 0) is 42.0 Å². The third-order valence-electron chi connectivity index (χ3n) is 3.70. The maximum Gasteiger partial charge on any atom is 0.341 e. The molecule has 0 N–H and O–H groups in total. The van der Waals surface area contributed by atoms with Gasteiger partial charge in [-0.2, -0.15) is 8.78 Å². The van der Waals surface area contributed by atoms with E-state index in [9.17, 15) is 17.2 Å². The molecule has 0 amide bonds. The molecule has 0 saturated carbocycles. The Balaban J connectivity index is 1.75. The monoisotopic (exact) mass is 355 g/mol. The van der Waals surface area contributed by atoms with Crippen LogP contribution in [0.2, 0.25) is 0 Å². The molecule has 0 unspecified atom stereocenters. The molecule has 2 aromatic rings. The first-order valence-corrected chi connectivity index (χ1v) is 8.64. The molecule has 1 heterocycles. The van der Waals surface area contributed by atoms with E-state index in [2.05, 4.69) is 0 Å². The number of hydrogen-bond donors (Lipinski definition) is 0. The Labute approximate surface area is 138 Å². The molecule has 0 aliphatic carbocycles. The highest BCUT2D eigenvalue weighted by molar-refractivity contribution is 7.91. The number of halogens is 2. The average molecular weight is 355 g/mol. The predicted molar refractivity (Wildman–Crippen MR) is 84.3 cm³/mol. The number of alkyl halides is 2. The van der Waals surface area contributed by atoms with Crippen LogP contribution < -0.4 is 14.4 Å². The molecule has 0 radical (unpaired) electrons. The highest BCUT2D eigenvalue weighted by atomic mass is 32.2. The Morgan fingerprint density at radius 1 is 1.08 bits per heavy atom. The van der Waals surface area contributed by atoms with Gasteiger partial charge in [0, 0.05) is 19.3 Å². The van der Waals surface area contributed by atoms with Crippen molar-refractivity contribution in [2.75, 3.05) is 18.7 Å². The lowest BCUT2D eigenvalue weighted by Gasteiger charge is -2.20. The van der Waals surface area contributed by atoms with Gasteiger partial charge in [0.1, 0.15) is 0 Å². The maximum absolute atomic E-state index is 12.5. The lowest BCUT2D eigenvalue weighted by Crippen LogP contribution is -2.17. The smallest absolute Gasteiger partial charge is 0.341 e. The SMILES string of the molecule is CN(Cc1ccc2c(c1)OCO2)c1ccc(S(=O)(=O)C(F)F)cc1. The Bertz CT molecular complexity index is 838. The number of ether oxygens (including phenoxy) is 2. The minimum Gasteiger partial charge on any atom is -0.454 e. The van der Waals surface area contributed by atoms with Gasteiger partial charge in [0.2, 0.25) is 16.6 Å². The zero-order valence-corrected chi connectivity index (χ0v) is 13.6. The van der Waals surface area contributed by atoms with Gasteiger partial charge >= 0.3 is 5.76 Å². The van der Waals surface area contributed by atoms with E-state index < -0.39 is 20.5 Å². The molecule has 2 aromatic carbocycles. The van der Waals surface area contributed by atoms with Crippen molar-refractivity contribution in [3.63, 3.8) is 0 Å². The summed E-state index contributed by atoms with van der Waals surface area (Å²) in [5, 5.41) is 0. The molecule has 1 aliphatic heterocycles. The summed E-state index contributed by atoms with van der Waals surface area (Å²) < 4.78 is 58.5. The Morgan fingerprint density at radius 3 is 2.42 bits per heavy atom. The minimum atomic E-state index is -4.57. The van der Waals surface area contributed by atoms with Gasteiger partial charge in [0.05, 0.1) is 4.90 Å². The molecule has 24 heavy (non-hydrogen) atoms. The van der Waals surface area contributed by atoms with Crippen LogP contribution in [0.1, 0.15) is 5.56 Å². The third-order valence-corrected chi connectivity index (χ3v) is 5.10. The van der Waals surface area contributed by atoms with Gasteiger partial charge in [0.15, 0.2) is 11.5 Å². The number of rotatable bonds is 5. The van der Waals surface area contributed by atoms with Gasteiger partial charge in [-0.15, -0.1) is 0 Å². The number of fused-ring (bicyclic) bond motifs is 1. The van der Waals surface area contributed by atoms with Crippen molar-refractivity contribution in [1.82, 2.24) is 0 Å². The van der Waals surface area contributed by atoms with Crippen molar-refractivity contribution < 1.29 is 26.7 Å². The number of anilines is 1. The molecule has 8 heteroatoms.